The van der Waals surface area contributed by atoms with E-state index in [2.05, 4.69) is 22.4 Å². The number of amides is 2. The van der Waals surface area contributed by atoms with E-state index < -0.39 is 11.8 Å². The Kier molecular flexibility index (Phi) is 3.72. The van der Waals surface area contributed by atoms with Crippen LogP contribution in [0.25, 0.3) is 0 Å². The summed E-state index contributed by atoms with van der Waals surface area (Å²) in [7, 11) is 0. The van der Waals surface area contributed by atoms with Gasteiger partial charge in [-0.05, 0) is 5.92 Å². The van der Waals surface area contributed by atoms with Gasteiger partial charge in [-0.3, -0.25) is 14.9 Å². The number of nitrogens with one attached hydrogen (secondary N) is 1. The first kappa shape index (κ1) is 8.18. The number of alkyl halides is 1. The summed E-state index contributed by atoms with van der Waals surface area (Å²) in [5.74, 6) is 0.597. The van der Waals surface area contributed by atoms with Gasteiger partial charge in [-0.15, -0.1) is 6.42 Å². The molecule has 0 unspecified atom stereocenters. The maximum Gasteiger partial charge on any atom is 0.302 e. The Morgan fingerprint density at radius 1 is 1.67 bits per heavy atom. The van der Waals surface area contributed by atoms with Crippen molar-refractivity contribution in [3.05, 3.63) is 0 Å². The number of rotatable bonds is 1. The van der Waals surface area contributed by atoms with Gasteiger partial charge < -0.3 is 0 Å². The topological polar surface area (TPSA) is 46.2 Å². The molecule has 0 heterocycles. The van der Waals surface area contributed by atoms with Crippen molar-refractivity contribution >= 4 is 27.7 Å². The number of terminal acetylenes is 1. The number of hydrogen-bond acceptors (Lipinski definition) is 2. The van der Waals surface area contributed by atoms with Crippen LogP contribution in [-0.4, -0.2) is 17.1 Å². The van der Waals surface area contributed by atoms with Crippen LogP contribution >= 0.6 is 15.9 Å². The Morgan fingerprint density at radius 3 is 2.56 bits per heavy atom. The highest BCUT2D eigenvalue weighted by Crippen LogP contribution is 1.76. The van der Waals surface area contributed by atoms with E-state index >= 15 is 0 Å². The van der Waals surface area contributed by atoms with Gasteiger partial charge >= 0.3 is 5.91 Å². The highest BCUT2D eigenvalue weighted by atomic mass is 79.9. The van der Waals surface area contributed by atoms with Crippen molar-refractivity contribution in [2.45, 2.75) is 0 Å². The second-order valence-electron chi connectivity index (χ2n) is 1.16. The first-order valence-electron chi connectivity index (χ1n) is 2.07. The van der Waals surface area contributed by atoms with Crippen LogP contribution in [0.15, 0.2) is 0 Å². The predicted molar refractivity (Wildman–Crippen MR) is 35.8 cm³/mol. The van der Waals surface area contributed by atoms with Crippen LogP contribution in [0.2, 0.25) is 0 Å². The number of imide groups is 1. The smallest absolute Gasteiger partial charge is 0.285 e. The molecule has 48 valence electrons. The Hall–Kier alpha value is -0.820. The highest BCUT2D eigenvalue weighted by molar-refractivity contribution is 9.09. The minimum atomic E-state index is -0.709. The molecule has 4 heteroatoms. The maximum absolute atomic E-state index is 10.3. The second-order valence-corrected chi connectivity index (χ2v) is 1.72. The van der Waals surface area contributed by atoms with Crippen molar-refractivity contribution in [1.29, 1.82) is 0 Å². The molecule has 0 aliphatic rings. The lowest BCUT2D eigenvalue weighted by Gasteiger charge is -1.91. The van der Waals surface area contributed by atoms with Crippen molar-refractivity contribution in [3.8, 4) is 12.3 Å². The van der Waals surface area contributed by atoms with E-state index in [4.69, 9.17) is 0 Å². The molecular weight excluding hydrogens is 186 g/mol. The molecule has 0 spiro atoms. The van der Waals surface area contributed by atoms with Gasteiger partial charge in [0.05, 0.1) is 5.33 Å². The zero-order valence-corrected chi connectivity index (χ0v) is 6.06. The summed E-state index contributed by atoms with van der Waals surface area (Å²) in [5.41, 5.74) is 0. The van der Waals surface area contributed by atoms with Crippen LogP contribution in [0.1, 0.15) is 0 Å². The fraction of sp³-hybridized carbons (Fsp3) is 0.200. The molecule has 0 radical (unpaired) electrons. The van der Waals surface area contributed by atoms with Crippen LogP contribution in [0, 0.1) is 12.3 Å². The summed E-state index contributed by atoms with van der Waals surface area (Å²) in [6, 6.07) is 0. The van der Waals surface area contributed by atoms with Crippen LogP contribution < -0.4 is 5.32 Å². The molecule has 0 aliphatic heterocycles. The molecule has 0 saturated heterocycles. The van der Waals surface area contributed by atoms with Crippen molar-refractivity contribution in [1.82, 2.24) is 5.32 Å². The molecule has 0 fully saturated rings. The fourth-order valence-electron chi connectivity index (χ4n) is 0.196. The zero-order chi connectivity index (χ0) is 7.28. The van der Waals surface area contributed by atoms with Gasteiger partial charge in [0.1, 0.15) is 0 Å². The van der Waals surface area contributed by atoms with Gasteiger partial charge in [0.2, 0.25) is 5.91 Å². The molecule has 0 aromatic carbocycles. The SMILES string of the molecule is C#CC(=O)NC(=O)CBr. The summed E-state index contributed by atoms with van der Waals surface area (Å²) >= 11 is 2.84. The Bertz CT molecular complexity index is 170. The van der Waals surface area contributed by atoms with E-state index in [1.165, 1.54) is 0 Å². The molecule has 1 N–H and O–H groups in total. The van der Waals surface area contributed by atoms with Crippen LogP contribution in [0.4, 0.5) is 0 Å². The first-order valence-corrected chi connectivity index (χ1v) is 3.19. The first-order chi connectivity index (χ1) is 4.20. The normalized spacial score (nSPS) is 7.56. The van der Waals surface area contributed by atoms with Gasteiger partial charge in [0, 0.05) is 0 Å². The summed E-state index contributed by atoms with van der Waals surface area (Å²) in [6.45, 7) is 0. The zero-order valence-electron chi connectivity index (χ0n) is 4.48. The van der Waals surface area contributed by atoms with Crippen molar-refractivity contribution < 1.29 is 9.59 Å². The fourth-order valence-corrected chi connectivity index (χ4v) is 0.336. The lowest BCUT2D eigenvalue weighted by Crippen LogP contribution is -2.29. The van der Waals surface area contributed by atoms with E-state index in [9.17, 15) is 9.59 Å². The number of carbonyl (C=O) groups is 2. The molecular formula is C5H4BrNO2. The second kappa shape index (κ2) is 4.10. The third kappa shape index (κ3) is 3.74. The molecule has 0 aromatic heterocycles. The van der Waals surface area contributed by atoms with Gasteiger partial charge in [-0.1, -0.05) is 15.9 Å². The predicted octanol–water partition coefficient (Wildman–Crippen LogP) is -0.343. The van der Waals surface area contributed by atoms with Crippen LogP contribution in [-0.2, 0) is 9.59 Å². The van der Waals surface area contributed by atoms with E-state index in [1.807, 2.05) is 5.32 Å². The largest absolute Gasteiger partial charge is 0.302 e. The molecule has 0 aliphatic carbocycles. The molecule has 0 saturated carbocycles. The summed E-state index contributed by atoms with van der Waals surface area (Å²) in [4.78, 5) is 20.5. The van der Waals surface area contributed by atoms with Gasteiger partial charge in [0.15, 0.2) is 0 Å². The molecule has 3 nitrogen and oxygen atoms in total. The summed E-state index contributed by atoms with van der Waals surface area (Å²) in [6.07, 6.45) is 4.65. The Labute approximate surface area is 60.9 Å². The van der Waals surface area contributed by atoms with E-state index in [1.54, 1.807) is 5.92 Å². The molecule has 0 aromatic rings. The standard InChI is InChI=1S/C5H4BrNO2/c1-2-4(8)7-5(9)3-6/h1H,3H2,(H,7,8,9). The summed E-state index contributed by atoms with van der Waals surface area (Å²) in [5, 5.41) is 2.00. The minimum Gasteiger partial charge on any atom is -0.285 e. The number of halogens is 1. The van der Waals surface area contributed by atoms with E-state index in [0.29, 0.717) is 0 Å². The quantitative estimate of drug-likeness (QED) is 0.454. The van der Waals surface area contributed by atoms with E-state index in [0.717, 1.165) is 0 Å². The van der Waals surface area contributed by atoms with Gasteiger partial charge in [-0.2, -0.15) is 0 Å². The lowest BCUT2D eigenvalue weighted by molar-refractivity contribution is -0.125. The van der Waals surface area contributed by atoms with Crippen LogP contribution in [0.5, 0.6) is 0 Å². The van der Waals surface area contributed by atoms with Crippen LogP contribution in [0.3, 0.4) is 0 Å². The number of hydrogen-bond donors (Lipinski definition) is 1. The monoisotopic (exact) mass is 189 g/mol. The Balaban J connectivity index is 3.64. The average molecular weight is 190 g/mol. The maximum atomic E-state index is 10.3. The minimum absolute atomic E-state index is 0.0837. The third-order valence-electron chi connectivity index (χ3n) is 0.505. The molecule has 0 rings (SSSR count). The van der Waals surface area contributed by atoms with Gasteiger partial charge in [0.25, 0.3) is 0 Å². The lowest BCUT2D eigenvalue weighted by atomic mass is 10.6. The molecule has 2 amide bonds. The van der Waals surface area contributed by atoms with Crippen molar-refractivity contribution in [2.24, 2.45) is 0 Å². The van der Waals surface area contributed by atoms with Gasteiger partial charge in [-0.25, -0.2) is 0 Å². The molecule has 0 bridgehead atoms. The Morgan fingerprint density at radius 2 is 2.22 bits per heavy atom. The molecule has 9 heavy (non-hydrogen) atoms. The van der Waals surface area contributed by atoms with E-state index in [-0.39, 0.29) is 5.33 Å². The highest BCUT2D eigenvalue weighted by Gasteiger charge is 2.00. The average Bonchev–Trinajstić information content (AvgIpc) is 1.87. The summed E-state index contributed by atoms with van der Waals surface area (Å²) < 4.78 is 0. The molecule has 0 atom stereocenters. The van der Waals surface area contributed by atoms with Crippen molar-refractivity contribution in [2.75, 3.05) is 5.33 Å². The number of carbonyl (C=O) groups excluding carboxylic acids is 2. The van der Waals surface area contributed by atoms with Crippen molar-refractivity contribution in [3.63, 3.8) is 0 Å². The third-order valence-corrected chi connectivity index (χ3v) is 1.01.